The molecule has 5 nitrogen and oxygen atoms in total. The number of rotatable bonds is 6. The molecule has 25 heavy (non-hydrogen) atoms. The van der Waals surface area contributed by atoms with E-state index in [1.807, 2.05) is 18.7 Å². The zero-order valence-corrected chi connectivity index (χ0v) is 15.2. The van der Waals surface area contributed by atoms with Crippen LogP contribution in [-0.4, -0.2) is 67.8 Å². The molecule has 1 aliphatic rings. The summed E-state index contributed by atoms with van der Waals surface area (Å²) in [5.41, 5.74) is -0.123. The van der Waals surface area contributed by atoms with Crippen molar-refractivity contribution in [1.29, 1.82) is 0 Å². The van der Waals surface area contributed by atoms with Crippen molar-refractivity contribution in [3.8, 4) is 0 Å². The van der Waals surface area contributed by atoms with E-state index in [4.69, 9.17) is 9.47 Å². The molecule has 2 rings (SSSR count). The fourth-order valence-corrected chi connectivity index (χ4v) is 2.94. The number of carbonyl (C=O) groups excluding carboxylic acids is 1. The molecule has 1 aromatic rings. The van der Waals surface area contributed by atoms with Crippen LogP contribution in [0.15, 0.2) is 18.2 Å². The van der Waals surface area contributed by atoms with Gasteiger partial charge in [-0.15, -0.1) is 0 Å². The van der Waals surface area contributed by atoms with Crippen molar-refractivity contribution in [2.75, 3.05) is 40.4 Å². The molecule has 1 aliphatic heterocycles. The lowest BCUT2D eigenvalue weighted by atomic mass is 10.0. The van der Waals surface area contributed by atoms with Gasteiger partial charge < -0.3 is 14.4 Å². The molecule has 0 aromatic heterocycles. The molecule has 0 saturated carbocycles. The largest absolute Gasteiger partial charge is 0.369 e. The molecule has 140 valence electrons. The average Bonchev–Trinajstić information content (AvgIpc) is 2.50. The summed E-state index contributed by atoms with van der Waals surface area (Å²) in [5.74, 6) is -1.77. The molecule has 0 bridgehead atoms. The molecule has 1 heterocycles. The van der Waals surface area contributed by atoms with Crippen LogP contribution < -0.4 is 0 Å². The Labute approximate surface area is 147 Å². The zero-order valence-electron chi connectivity index (χ0n) is 15.2. The summed E-state index contributed by atoms with van der Waals surface area (Å²) in [4.78, 5) is 15.0. The summed E-state index contributed by atoms with van der Waals surface area (Å²) in [5, 5.41) is 0. The zero-order chi connectivity index (χ0) is 18.6. The van der Waals surface area contributed by atoms with Gasteiger partial charge in [-0.2, -0.15) is 0 Å². The van der Waals surface area contributed by atoms with Gasteiger partial charge in [0, 0.05) is 39.3 Å². The van der Waals surface area contributed by atoms with Crippen molar-refractivity contribution in [3.05, 3.63) is 35.4 Å². The van der Waals surface area contributed by atoms with Crippen LogP contribution >= 0.6 is 0 Å². The minimum absolute atomic E-state index is 0.00812. The number of nitrogens with zero attached hydrogens (tertiary/aromatic N) is 2. The van der Waals surface area contributed by atoms with E-state index in [0.29, 0.717) is 25.2 Å². The van der Waals surface area contributed by atoms with E-state index in [1.165, 1.54) is 11.0 Å². The Kier molecular flexibility index (Phi) is 6.48. The molecule has 7 heteroatoms. The van der Waals surface area contributed by atoms with E-state index in [9.17, 15) is 13.6 Å². The van der Waals surface area contributed by atoms with Crippen molar-refractivity contribution < 1.29 is 23.0 Å². The molecular weight excluding hydrogens is 330 g/mol. The molecule has 1 amide bonds. The molecule has 0 aliphatic carbocycles. The molecular formula is C18H26F2N2O3. The fourth-order valence-electron chi connectivity index (χ4n) is 2.94. The highest BCUT2D eigenvalue weighted by molar-refractivity contribution is 5.76. The SMILES string of the molecule is CN(C)C(=O)COC[C@H]1CN(Cc2cccc(F)c2F)CC(C)(C)O1. The molecule has 1 fully saturated rings. The van der Waals surface area contributed by atoms with E-state index >= 15 is 0 Å². The van der Waals surface area contributed by atoms with Gasteiger partial charge in [0.25, 0.3) is 0 Å². The van der Waals surface area contributed by atoms with Crippen LogP contribution in [0.3, 0.4) is 0 Å². The van der Waals surface area contributed by atoms with Crippen molar-refractivity contribution in [2.45, 2.75) is 32.1 Å². The van der Waals surface area contributed by atoms with Crippen LogP contribution in [0.5, 0.6) is 0 Å². The second-order valence-corrected chi connectivity index (χ2v) is 7.19. The molecule has 0 N–H and O–H groups in total. The maximum absolute atomic E-state index is 13.9. The van der Waals surface area contributed by atoms with Crippen molar-refractivity contribution in [1.82, 2.24) is 9.80 Å². The molecule has 0 radical (unpaired) electrons. The Morgan fingerprint density at radius 3 is 2.80 bits per heavy atom. The maximum atomic E-state index is 13.9. The van der Waals surface area contributed by atoms with E-state index < -0.39 is 17.2 Å². The number of morpholine rings is 1. The van der Waals surface area contributed by atoms with Crippen LogP contribution in [0.25, 0.3) is 0 Å². The summed E-state index contributed by atoms with van der Waals surface area (Å²) in [6, 6.07) is 4.20. The van der Waals surface area contributed by atoms with E-state index in [2.05, 4.69) is 0 Å². The van der Waals surface area contributed by atoms with Gasteiger partial charge in [-0.05, 0) is 19.9 Å². The van der Waals surface area contributed by atoms with Crippen molar-refractivity contribution >= 4 is 5.91 Å². The van der Waals surface area contributed by atoms with Gasteiger partial charge in [-0.3, -0.25) is 9.69 Å². The third kappa shape index (κ3) is 5.73. The van der Waals surface area contributed by atoms with Crippen molar-refractivity contribution in [3.63, 3.8) is 0 Å². The first-order chi connectivity index (χ1) is 11.7. The Hall–Kier alpha value is -1.57. The van der Waals surface area contributed by atoms with Crippen LogP contribution in [0.2, 0.25) is 0 Å². The second kappa shape index (κ2) is 8.21. The number of amides is 1. The van der Waals surface area contributed by atoms with Crippen molar-refractivity contribution in [2.24, 2.45) is 0 Å². The number of carbonyl (C=O) groups is 1. The van der Waals surface area contributed by atoms with Gasteiger partial charge in [-0.1, -0.05) is 12.1 Å². The van der Waals surface area contributed by atoms with Gasteiger partial charge in [0.05, 0.1) is 18.3 Å². The van der Waals surface area contributed by atoms with Crippen LogP contribution in [-0.2, 0) is 20.8 Å². The van der Waals surface area contributed by atoms with Gasteiger partial charge in [0.2, 0.25) is 5.91 Å². The highest BCUT2D eigenvalue weighted by atomic mass is 19.2. The van der Waals surface area contributed by atoms with Crippen LogP contribution in [0.1, 0.15) is 19.4 Å². The van der Waals surface area contributed by atoms with Gasteiger partial charge in [0.1, 0.15) is 6.61 Å². The standard InChI is InChI=1S/C18H26F2N2O3/c1-18(2)12-22(8-13-6-5-7-15(19)17(13)20)9-14(25-18)10-24-11-16(23)21(3)4/h5-7,14H,8-12H2,1-4H3/t14-/m1/s1. The minimum Gasteiger partial charge on any atom is -0.369 e. The predicted octanol–water partition coefficient (Wildman–Crippen LogP) is 2.05. The monoisotopic (exact) mass is 356 g/mol. The summed E-state index contributed by atoms with van der Waals surface area (Å²) >= 11 is 0. The number of likely N-dealkylation sites (N-methyl/N-ethyl adjacent to an activating group) is 1. The first-order valence-corrected chi connectivity index (χ1v) is 8.29. The van der Waals surface area contributed by atoms with Crippen LogP contribution in [0.4, 0.5) is 8.78 Å². The number of hydrogen-bond acceptors (Lipinski definition) is 4. The van der Waals surface area contributed by atoms with Gasteiger partial charge in [0.15, 0.2) is 11.6 Å². The van der Waals surface area contributed by atoms with Gasteiger partial charge >= 0.3 is 0 Å². The molecule has 1 atom stereocenters. The predicted molar refractivity (Wildman–Crippen MR) is 90.1 cm³/mol. The summed E-state index contributed by atoms with van der Waals surface area (Å²) < 4.78 is 38.7. The number of halogens is 2. The number of hydrogen-bond donors (Lipinski definition) is 0. The lowest BCUT2D eigenvalue weighted by Gasteiger charge is -2.42. The highest BCUT2D eigenvalue weighted by Crippen LogP contribution is 2.24. The Balaban J connectivity index is 1.95. The first kappa shape index (κ1) is 19.8. The molecule has 1 aromatic carbocycles. The smallest absolute Gasteiger partial charge is 0.248 e. The first-order valence-electron chi connectivity index (χ1n) is 8.29. The molecule has 1 saturated heterocycles. The lowest BCUT2D eigenvalue weighted by Crippen LogP contribution is -2.53. The molecule has 0 spiro atoms. The van der Waals surface area contributed by atoms with Gasteiger partial charge in [-0.25, -0.2) is 8.78 Å². The van der Waals surface area contributed by atoms with E-state index in [0.717, 1.165) is 6.07 Å². The maximum Gasteiger partial charge on any atom is 0.248 e. The quantitative estimate of drug-likeness (QED) is 0.782. The summed E-state index contributed by atoms with van der Waals surface area (Å²) in [6.45, 7) is 5.56. The number of ether oxygens (including phenoxy) is 2. The van der Waals surface area contributed by atoms with E-state index in [1.54, 1.807) is 20.2 Å². The Morgan fingerprint density at radius 2 is 2.12 bits per heavy atom. The highest BCUT2D eigenvalue weighted by Gasteiger charge is 2.34. The summed E-state index contributed by atoms with van der Waals surface area (Å²) in [6.07, 6.45) is -0.240. The third-order valence-corrected chi connectivity index (χ3v) is 4.01. The lowest BCUT2D eigenvalue weighted by molar-refractivity contribution is -0.161. The third-order valence-electron chi connectivity index (χ3n) is 4.01. The normalized spacial score (nSPS) is 20.5. The summed E-state index contributed by atoms with van der Waals surface area (Å²) in [7, 11) is 3.34. The molecule has 0 unspecified atom stereocenters. The topological polar surface area (TPSA) is 42.0 Å². The average molecular weight is 356 g/mol. The van der Waals surface area contributed by atoms with E-state index in [-0.39, 0.29) is 25.2 Å². The second-order valence-electron chi connectivity index (χ2n) is 7.19. The Morgan fingerprint density at radius 1 is 1.40 bits per heavy atom. The fraction of sp³-hybridized carbons (Fsp3) is 0.611. The number of benzene rings is 1. The Bertz CT molecular complexity index is 608. The minimum atomic E-state index is -0.841. The van der Waals surface area contributed by atoms with Crippen LogP contribution in [0, 0.1) is 11.6 Å².